The number of hydrogen-bond acceptors (Lipinski definition) is 5. The first-order chi connectivity index (χ1) is 6.97. The van der Waals surface area contributed by atoms with Crippen molar-refractivity contribution < 1.29 is 18.4 Å². The molecule has 0 bridgehead atoms. The second-order valence-corrected chi connectivity index (χ2v) is 5.65. The van der Waals surface area contributed by atoms with Gasteiger partial charge in [-0.05, 0) is 19.4 Å². The fraction of sp³-hybridized carbons (Fsp3) is 1.00. The van der Waals surface area contributed by atoms with Crippen LogP contribution in [0.25, 0.3) is 0 Å². The van der Waals surface area contributed by atoms with Crippen LogP contribution < -0.4 is 5.32 Å². The van der Waals surface area contributed by atoms with Crippen LogP contribution in [0.5, 0.6) is 0 Å². The Hall–Kier alpha value is -0.210. The van der Waals surface area contributed by atoms with Gasteiger partial charge in [-0.1, -0.05) is 4.47 Å². The molecule has 1 aliphatic rings. The van der Waals surface area contributed by atoms with Gasteiger partial charge < -0.3 is 10.4 Å². The average Bonchev–Trinajstić information content (AvgIpc) is 2.68. The van der Waals surface area contributed by atoms with Gasteiger partial charge >= 0.3 is 0 Å². The Morgan fingerprint density at radius 3 is 2.80 bits per heavy atom. The van der Waals surface area contributed by atoms with E-state index >= 15 is 0 Å². The summed E-state index contributed by atoms with van der Waals surface area (Å²) in [5.74, 6) is -0.311. The number of aliphatic hydroxyl groups is 1. The lowest BCUT2D eigenvalue weighted by Gasteiger charge is -2.21. The molecule has 0 unspecified atom stereocenters. The lowest BCUT2D eigenvalue weighted by Crippen LogP contribution is -2.42. The van der Waals surface area contributed by atoms with Crippen molar-refractivity contribution in [1.29, 1.82) is 0 Å². The third-order valence-corrected chi connectivity index (χ3v) is 4.29. The van der Waals surface area contributed by atoms with Crippen LogP contribution in [0.15, 0.2) is 0 Å². The molecule has 1 aliphatic heterocycles. The number of rotatable bonds is 5. The van der Waals surface area contributed by atoms with Crippen molar-refractivity contribution in [3.8, 4) is 0 Å². The number of aliphatic hydroxyl groups excluding tert-OH is 1. The van der Waals surface area contributed by atoms with Crippen molar-refractivity contribution in [1.82, 2.24) is 9.79 Å². The molecular weight excluding hydrogens is 220 g/mol. The van der Waals surface area contributed by atoms with Gasteiger partial charge in [0.2, 0.25) is 10.0 Å². The highest BCUT2D eigenvalue weighted by atomic mass is 32.2. The maximum atomic E-state index is 11.5. The quantitative estimate of drug-likeness (QED) is 0.596. The number of nitrogens with zero attached hydrogens (tertiary/aromatic N) is 1. The van der Waals surface area contributed by atoms with Gasteiger partial charge in [-0.2, -0.15) is 0 Å². The van der Waals surface area contributed by atoms with Gasteiger partial charge in [-0.3, -0.25) is 4.84 Å². The summed E-state index contributed by atoms with van der Waals surface area (Å²) < 4.78 is 23.9. The molecule has 15 heavy (non-hydrogen) atoms. The summed E-state index contributed by atoms with van der Waals surface area (Å²) in [6.07, 6.45) is 0.907. The third kappa shape index (κ3) is 3.39. The van der Waals surface area contributed by atoms with Gasteiger partial charge in [0.15, 0.2) is 0 Å². The number of hydroxylamine groups is 1. The highest BCUT2D eigenvalue weighted by Crippen LogP contribution is 2.12. The molecule has 0 aromatic carbocycles. The van der Waals surface area contributed by atoms with E-state index in [1.807, 2.05) is 0 Å². The third-order valence-electron chi connectivity index (χ3n) is 2.59. The first-order valence-electron chi connectivity index (χ1n) is 4.89. The van der Waals surface area contributed by atoms with E-state index in [1.165, 1.54) is 14.2 Å². The highest BCUT2D eigenvalue weighted by Gasteiger charge is 2.29. The Morgan fingerprint density at radius 1 is 1.67 bits per heavy atom. The lowest BCUT2D eigenvalue weighted by atomic mass is 10.1. The molecule has 1 saturated heterocycles. The van der Waals surface area contributed by atoms with E-state index in [0.29, 0.717) is 0 Å². The molecule has 1 fully saturated rings. The summed E-state index contributed by atoms with van der Waals surface area (Å²) in [5, 5.41) is 12.8. The van der Waals surface area contributed by atoms with Crippen LogP contribution in [0.1, 0.15) is 12.8 Å². The average molecular weight is 238 g/mol. The topological polar surface area (TPSA) is 78.9 Å². The Labute approximate surface area is 90.2 Å². The van der Waals surface area contributed by atoms with Crippen LogP contribution in [0, 0.1) is 0 Å². The summed E-state index contributed by atoms with van der Waals surface area (Å²) in [5.41, 5.74) is 0. The van der Waals surface area contributed by atoms with E-state index < -0.39 is 16.1 Å². The summed E-state index contributed by atoms with van der Waals surface area (Å²) in [6, 6.07) is -0.120. The zero-order valence-electron chi connectivity index (χ0n) is 9.01. The van der Waals surface area contributed by atoms with Gasteiger partial charge in [-0.25, -0.2) is 8.42 Å². The van der Waals surface area contributed by atoms with E-state index in [2.05, 4.69) is 10.2 Å². The van der Waals surface area contributed by atoms with Crippen LogP contribution in [0.4, 0.5) is 0 Å². The molecule has 0 saturated carbocycles. The highest BCUT2D eigenvalue weighted by molar-refractivity contribution is 7.88. The Balaban J connectivity index is 2.52. The summed E-state index contributed by atoms with van der Waals surface area (Å²) in [6.45, 7) is 0.835. The molecule has 7 heteroatoms. The van der Waals surface area contributed by atoms with Crippen molar-refractivity contribution in [2.75, 3.05) is 26.5 Å². The summed E-state index contributed by atoms with van der Waals surface area (Å²) >= 11 is 0. The van der Waals surface area contributed by atoms with Crippen LogP contribution in [0.3, 0.4) is 0 Å². The number of hydrogen-bond donors (Lipinski definition) is 2. The molecule has 0 aliphatic carbocycles. The van der Waals surface area contributed by atoms with Gasteiger partial charge in [0.05, 0.1) is 19.0 Å². The van der Waals surface area contributed by atoms with E-state index in [0.717, 1.165) is 23.9 Å². The monoisotopic (exact) mass is 238 g/mol. The Bertz CT molecular complexity index is 287. The molecule has 0 radical (unpaired) electrons. The van der Waals surface area contributed by atoms with Gasteiger partial charge in [0.25, 0.3) is 0 Å². The lowest BCUT2D eigenvalue weighted by molar-refractivity contribution is -0.0269. The first-order valence-corrected chi connectivity index (χ1v) is 6.50. The molecule has 90 valence electrons. The maximum Gasteiger partial charge on any atom is 0.238 e. The molecule has 0 aromatic heterocycles. The molecule has 0 spiro atoms. The van der Waals surface area contributed by atoms with E-state index in [-0.39, 0.29) is 11.8 Å². The van der Waals surface area contributed by atoms with Crippen molar-refractivity contribution in [3.63, 3.8) is 0 Å². The molecular formula is C8H18N2O4S. The van der Waals surface area contributed by atoms with Gasteiger partial charge in [-0.15, -0.1) is 0 Å². The van der Waals surface area contributed by atoms with Crippen LogP contribution in [-0.2, 0) is 14.9 Å². The van der Waals surface area contributed by atoms with Crippen molar-refractivity contribution in [2.45, 2.75) is 25.0 Å². The number of sulfonamides is 1. The van der Waals surface area contributed by atoms with E-state index in [4.69, 9.17) is 0 Å². The predicted octanol–water partition coefficient (Wildman–Crippen LogP) is -1.08. The normalized spacial score (nSPS) is 24.7. The standard InChI is InChI=1S/C8H18N2O4S/c1-10(14-2)15(12,13)6-8(11)7-4-3-5-9-7/h7-9,11H,3-6H2,1-2H3/t7-,8+/m0/s1. The molecule has 2 N–H and O–H groups in total. The first kappa shape index (κ1) is 12.9. The molecule has 0 amide bonds. The summed E-state index contributed by atoms with van der Waals surface area (Å²) in [4.78, 5) is 4.59. The van der Waals surface area contributed by atoms with Crippen molar-refractivity contribution in [2.24, 2.45) is 0 Å². The second kappa shape index (κ2) is 5.22. The van der Waals surface area contributed by atoms with Crippen molar-refractivity contribution in [3.05, 3.63) is 0 Å². The molecule has 6 nitrogen and oxygen atoms in total. The van der Waals surface area contributed by atoms with Gasteiger partial charge in [0, 0.05) is 13.1 Å². The van der Waals surface area contributed by atoms with E-state index in [1.54, 1.807) is 0 Å². The minimum atomic E-state index is -3.53. The van der Waals surface area contributed by atoms with Crippen LogP contribution in [0.2, 0.25) is 0 Å². The smallest absolute Gasteiger partial charge is 0.238 e. The Morgan fingerprint density at radius 2 is 2.33 bits per heavy atom. The minimum Gasteiger partial charge on any atom is -0.390 e. The molecule has 1 heterocycles. The Kier molecular flexibility index (Phi) is 4.47. The zero-order valence-corrected chi connectivity index (χ0v) is 9.83. The predicted molar refractivity (Wildman–Crippen MR) is 55.6 cm³/mol. The van der Waals surface area contributed by atoms with Crippen molar-refractivity contribution >= 4 is 10.0 Å². The molecule has 2 atom stereocenters. The largest absolute Gasteiger partial charge is 0.390 e. The van der Waals surface area contributed by atoms with Crippen LogP contribution in [-0.4, -0.2) is 56.6 Å². The molecule has 1 rings (SSSR count). The zero-order chi connectivity index (χ0) is 11.5. The fourth-order valence-electron chi connectivity index (χ4n) is 1.59. The maximum absolute atomic E-state index is 11.5. The molecule has 0 aromatic rings. The van der Waals surface area contributed by atoms with E-state index in [9.17, 15) is 13.5 Å². The summed E-state index contributed by atoms with van der Waals surface area (Å²) in [7, 11) is -0.941. The minimum absolute atomic E-state index is 0.120. The second-order valence-electron chi connectivity index (χ2n) is 3.64. The van der Waals surface area contributed by atoms with Gasteiger partial charge in [0.1, 0.15) is 0 Å². The fourth-order valence-corrected chi connectivity index (χ4v) is 2.69. The number of nitrogens with one attached hydrogen (secondary N) is 1. The SMILES string of the molecule is CON(C)S(=O)(=O)C[C@@H](O)[C@@H]1CCCN1. The van der Waals surface area contributed by atoms with Crippen LogP contribution >= 0.6 is 0 Å².